The van der Waals surface area contributed by atoms with Gasteiger partial charge in [-0.15, -0.1) is 0 Å². The Hall–Kier alpha value is -4.06. The third-order valence-electron chi connectivity index (χ3n) is 7.71. The van der Waals surface area contributed by atoms with Crippen LogP contribution in [0.1, 0.15) is 35.3 Å². The van der Waals surface area contributed by atoms with Crippen LogP contribution in [0.15, 0.2) is 78.9 Å². The van der Waals surface area contributed by atoms with E-state index in [0.717, 1.165) is 16.8 Å². The SMILES string of the molecule is CC(=O)[C@@H]1[C@@H](C(=O)c2ccc(F)cc2)[C@]2(C(=O)Nc3ccccc32)[C@H]2C=C(C)c3ccccc3N12. The summed E-state index contributed by atoms with van der Waals surface area (Å²) in [6.45, 7) is 3.46. The lowest BCUT2D eigenvalue weighted by atomic mass is 9.64. The molecule has 1 amide bonds. The maximum atomic E-state index is 14.2. The summed E-state index contributed by atoms with van der Waals surface area (Å²) in [7, 11) is 0. The molecule has 3 aliphatic heterocycles. The molecule has 0 radical (unpaired) electrons. The molecule has 1 spiro atoms. The topological polar surface area (TPSA) is 66.5 Å². The molecule has 6 rings (SSSR count). The molecule has 0 unspecified atom stereocenters. The number of fused-ring (bicyclic) bond motifs is 6. The van der Waals surface area contributed by atoms with Gasteiger partial charge in [0.1, 0.15) is 11.2 Å². The Balaban J connectivity index is 1.68. The van der Waals surface area contributed by atoms with Crippen LogP contribution in [-0.4, -0.2) is 29.6 Å². The highest BCUT2D eigenvalue weighted by Crippen LogP contribution is 2.58. The first-order chi connectivity index (χ1) is 16.9. The number of ketones is 2. The molecule has 0 bridgehead atoms. The van der Waals surface area contributed by atoms with Crippen molar-refractivity contribution in [2.24, 2.45) is 5.92 Å². The van der Waals surface area contributed by atoms with Gasteiger partial charge >= 0.3 is 0 Å². The number of amides is 1. The standard InChI is InChI=1S/C29H23FN2O3/c1-16-15-24-29(21-8-4-5-9-22(21)31-28(29)35)25(27(34)18-11-13-19(30)14-12-18)26(17(2)33)32(24)23-10-6-3-7-20(16)23/h3-15,24-26H,1-2H3,(H,31,35)/t24-,25+,26-,29-/m1/s1. The smallest absolute Gasteiger partial charge is 0.238 e. The Bertz CT molecular complexity index is 1440. The van der Waals surface area contributed by atoms with E-state index in [1.807, 2.05) is 66.4 Å². The molecule has 0 aromatic heterocycles. The Labute approximate surface area is 202 Å². The molecule has 3 heterocycles. The maximum Gasteiger partial charge on any atom is 0.238 e. The first-order valence-electron chi connectivity index (χ1n) is 11.6. The number of hydrogen-bond donors (Lipinski definition) is 1. The van der Waals surface area contributed by atoms with Gasteiger partial charge in [-0.1, -0.05) is 42.5 Å². The van der Waals surface area contributed by atoms with Gasteiger partial charge in [-0.25, -0.2) is 4.39 Å². The van der Waals surface area contributed by atoms with Gasteiger partial charge in [-0.3, -0.25) is 14.4 Å². The van der Waals surface area contributed by atoms with Gasteiger partial charge < -0.3 is 10.2 Å². The lowest BCUT2D eigenvalue weighted by molar-refractivity contribution is -0.122. The summed E-state index contributed by atoms with van der Waals surface area (Å²) in [6.07, 6.45) is 2.01. The van der Waals surface area contributed by atoms with Crippen LogP contribution in [0.5, 0.6) is 0 Å². The fourth-order valence-corrected chi connectivity index (χ4v) is 6.33. The number of allylic oxidation sites excluding steroid dienone is 1. The summed E-state index contributed by atoms with van der Waals surface area (Å²) in [5.74, 6) is -2.32. The summed E-state index contributed by atoms with van der Waals surface area (Å²) in [5.41, 5.74) is 3.06. The number of rotatable bonds is 3. The Morgan fingerprint density at radius 3 is 2.40 bits per heavy atom. The van der Waals surface area contributed by atoms with Gasteiger partial charge in [-0.2, -0.15) is 0 Å². The quantitative estimate of drug-likeness (QED) is 0.565. The zero-order valence-corrected chi connectivity index (χ0v) is 19.3. The molecular formula is C29H23FN2O3. The zero-order valence-electron chi connectivity index (χ0n) is 19.3. The lowest BCUT2D eigenvalue weighted by Crippen LogP contribution is -2.51. The van der Waals surface area contributed by atoms with Crippen molar-refractivity contribution >= 4 is 34.4 Å². The first kappa shape index (κ1) is 21.5. The molecule has 4 atom stereocenters. The molecular weight excluding hydrogens is 443 g/mol. The van der Waals surface area contributed by atoms with E-state index in [2.05, 4.69) is 5.32 Å². The van der Waals surface area contributed by atoms with Gasteiger partial charge in [0.2, 0.25) is 5.91 Å². The van der Waals surface area contributed by atoms with Crippen LogP contribution >= 0.6 is 0 Å². The average Bonchev–Trinajstić information content (AvgIpc) is 3.32. The number of carbonyl (C=O) groups is 3. The summed E-state index contributed by atoms with van der Waals surface area (Å²) in [4.78, 5) is 43.5. The fraction of sp³-hybridized carbons (Fsp3) is 0.207. The van der Waals surface area contributed by atoms with E-state index in [9.17, 15) is 18.8 Å². The number of para-hydroxylation sites is 2. The van der Waals surface area contributed by atoms with Gasteiger partial charge in [0.15, 0.2) is 11.6 Å². The van der Waals surface area contributed by atoms with E-state index < -0.39 is 29.2 Å². The molecule has 0 saturated carbocycles. The highest BCUT2D eigenvalue weighted by molar-refractivity contribution is 6.16. The number of anilines is 2. The lowest BCUT2D eigenvalue weighted by Gasteiger charge is -2.39. The number of benzene rings is 3. The van der Waals surface area contributed by atoms with Crippen molar-refractivity contribution in [1.82, 2.24) is 0 Å². The van der Waals surface area contributed by atoms with E-state index >= 15 is 0 Å². The number of nitrogens with zero attached hydrogens (tertiary/aromatic N) is 1. The Kier molecular flexibility index (Phi) is 4.58. The highest BCUT2D eigenvalue weighted by Gasteiger charge is 2.70. The summed E-state index contributed by atoms with van der Waals surface area (Å²) >= 11 is 0. The van der Waals surface area contributed by atoms with E-state index in [1.165, 1.54) is 31.2 Å². The van der Waals surface area contributed by atoms with Crippen LogP contribution in [0.25, 0.3) is 5.57 Å². The molecule has 174 valence electrons. The van der Waals surface area contributed by atoms with E-state index in [0.29, 0.717) is 11.3 Å². The fourth-order valence-electron chi connectivity index (χ4n) is 6.33. The molecule has 3 aromatic rings. The summed E-state index contributed by atoms with van der Waals surface area (Å²) in [5, 5.41) is 2.99. The second-order valence-electron chi connectivity index (χ2n) is 9.49. The van der Waals surface area contributed by atoms with Crippen LogP contribution in [-0.2, 0) is 15.0 Å². The molecule has 1 N–H and O–H groups in total. The van der Waals surface area contributed by atoms with Crippen molar-refractivity contribution in [3.05, 3.63) is 101 Å². The van der Waals surface area contributed by atoms with Gasteiger partial charge in [0.05, 0.1) is 18.0 Å². The largest absolute Gasteiger partial charge is 0.352 e. The van der Waals surface area contributed by atoms with Crippen LogP contribution in [0.2, 0.25) is 0 Å². The van der Waals surface area contributed by atoms with Crippen molar-refractivity contribution in [2.75, 3.05) is 10.2 Å². The summed E-state index contributed by atoms with van der Waals surface area (Å²) in [6, 6.07) is 19.0. The Morgan fingerprint density at radius 2 is 1.66 bits per heavy atom. The zero-order chi connectivity index (χ0) is 24.5. The highest BCUT2D eigenvalue weighted by atomic mass is 19.1. The van der Waals surface area contributed by atoms with Crippen molar-refractivity contribution in [3.63, 3.8) is 0 Å². The van der Waals surface area contributed by atoms with Crippen molar-refractivity contribution in [1.29, 1.82) is 0 Å². The Morgan fingerprint density at radius 1 is 0.971 bits per heavy atom. The minimum Gasteiger partial charge on any atom is -0.352 e. The first-order valence-corrected chi connectivity index (χ1v) is 11.6. The molecule has 0 aliphatic carbocycles. The molecule has 1 fully saturated rings. The minimum atomic E-state index is -1.33. The minimum absolute atomic E-state index is 0.202. The summed E-state index contributed by atoms with van der Waals surface area (Å²) < 4.78 is 13.7. The molecule has 5 nitrogen and oxygen atoms in total. The second kappa shape index (κ2) is 7.47. The van der Waals surface area contributed by atoms with Crippen LogP contribution in [0.4, 0.5) is 15.8 Å². The van der Waals surface area contributed by atoms with E-state index in [4.69, 9.17) is 0 Å². The van der Waals surface area contributed by atoms with Crippen molar-refractivity contribution in [2.45, 2.75) is 31.3 Å². The number of halogens is 1. The third kappa shape index (κ3) is 2.77. The van der Waals surface area contributed by atoms with Crippen molar-refractivity contribution in [3.8, 4) is 0 Å². The predicted molar refractivity (Wildman–Crippen MR) is 132 cm³/mol. The molecule has 35 heavy (non-hydrogen) atoms. The van der Waals surface area contributed by atoms with Crippen LogP contribution in [0.3, 0.4) is 0 Å². The molecule has 1 saturated heterocycles. The van der Waals surface area contributed by atoms with Gasteiger partial charge in [-0.05, 0) is 61.4 Å². The van der Waals surface area contributed by atoms with Crippen molar-refractivity contribution < 1.29 is 18.8 Å². The third-order valence-corrected chi connectivity index (χ3v) is 7.71. The second-order valence-corrected chi connectivity index (χ2v) is 9.49. The van der Waals surface area contributed by atoms with Crippen LogP contribution in [0, 0.1) is 11.7 Å². The molecule has 3 aromatic carbocycles. The normalized spacial score (nSPS) is 26.0. The monoisotopic (exact) mass is 466 g/mol. The number of Topliss-reactive ketones (excluding diaryl/α,β-unsaturated/α-hetero) is 2. The number of nitrogens with one attached hydrogen (secondary N) is 1. The van der Waals surface area contributed by atoms with Gasteiger partial charge in [0, 0.05) is 22.5 Å². The van der Waals surface area contributed by atoms with Crippen LogP contribution < -0.4 is 10.2 Å². The number of carbonyl (C=O) groups excluding carboxylic acids is 3. The van der Waals surface area contributed by atoms with E-state index in [-0.39, 0.29) is 23.0 Å². The molecule has 3 aliphatic rings. The predicted octanol–water partition coefficient (Wildman–Crippen LogP) is 4.78. The average molecular weight is 467 g/mol. The van der Waals surface area contributed by atoms with E-state index in [1.54, 1.807) is 0 Å². The maximum absolute atomic E-state index is 14.2. The number of hydrogen-bond acceptors (Lipinski definition) is 4. The molecule has 6 heteroatoms. The van der Waals surface area contributed by atoms with Gasteiger partial charge in [0.25, 0.3) is 0 Å².